The maximum Gasteiger partial charge on any atom is 0.136 e. The van der Waals surface area contributed by atoms with Crippen LogP contribution in [0.2, 0.25) is 12.1 Å². The van der Waals surface area contributed by atoms with E-state index in [4.69, 9.17) is 12.2 Å². The number of fused-ring (bicyclic) bond motifs is 1. The van der Waals surface area contributed by atoms with Crippen molar-refractivity contribution in [3.8, 4) is 0 Å². The van der Waals surface area contributed by atoms with Crippen molar-refractivity contribution in [2.24, 2.45) is 0 Å². The summed E-state index contributed by atoms with van der Waals surface area (Å²) in [5, 5.41) is 1.21. The fourth-order valence-electron chi connectivity index (χ4n) is 2.91. The summed E-state index contributed by atoms with van der Waals surface area (Å²) in [5.74, 6) is 0. The Labute approximate surface area is 110 Å². The SMILES string of the molecule is C[B]C1(C)CCCC2C(CC1)SC(=S)N2C. The van der Waals surface area contributed by atoms with Gasteiger partial charge in [-0.25, -0.2) is 0 Å². The Morgan fingerprint density at radius 3 is 2.88 bits per heavy atom. The summed E-state index contributed by atoms with van der Waals surface area (Å²) < 4.78 is 1.11. The molecule has 2 rings (SSSR count). The lowest BCUT2D eigenvalue weighted by atomic mass is 9.50. The molecule has 3 unspecified atom stereocenters. The van der Waals surface area contributed by atoms with Gasteiger partial charge < -0.3 is 4.90 Å². The first-order valence-corrected chi connectivity index (χ1v) is 7.58. The van der Waals surface area contributed by atoms with Gasteiger partial charge in [-0.05, 0) is 12.8 Å². The fraction of sp³-hybridized carbons (Fsp3) is 0.917. The summed E-state index contributed by atoms with van der Waals surface area (Å²) in [7, 11) is 4.59. The number of hydrogen-bond acceptors (Lipinski definition) is 2. The highest BCUT2D eigenvalue weighted by atomic mass is 32.2. The maximum atomic E-state index is 5.41. The number of thioether (sulfide) groups is 1. The van der Waals surface area contributed by atoms with Crippen LogP contribution in [0.25, 0.3) is 0 Å². The molecule has 0 spiro atoms. The Morgan fingerprint density at radius 2 is 2.19 bits per heavy atom. The van der Waals surface area contributed by atoms with Crippen molar-refractivity contribution in [2.75, 3.05) is 7.05 Å². The maximum absolute atomic E-state index is 5.41. The molecule has 0 amide bonds. The average Bonchev–Trinajstić information content (AvgIpc) is 2.51. The molecule has 16 heavy (non-hydrogen) atoms. The average molecular weight is 254 g/mol. The highest BCUT2D eigenvalue weighted by Gasteiger charge is 2.38. The monoisotopic (exact) mass is 254 g/mol. The zero-order chi connectivity index (χ0) is 11.8. The molecular formula is C12H21BNS2. The van der Waals surface area contributed by atoms with Gasteiger partial charge in [0.15, 0.2) is 0 Å². The van der Waals surface area contributed by atoms with Gasteiger partial charge in [-0.15, -0.1) is 0 Å². The normalized spacial score (nSPS) is 40.2. The van der Waals surface area contributed by atoms with Gasteiger partial charge >= 0.3 is 0 Å². The smallest absolute Gasteiger partial charge is 0.136 e. The predicted octanol–water partition coefficient (Wildman–Crippen LogP) is 3.58. The lowest BCUT2D eigenvalue weighted by Crippen LogP contribution is -2.35. The number of rotatable bonds is 1. The predicted molar refractivity (Wildman–Crippen MR) is 78.6 cm³/mol. The zero-order valence-corrected chi connectivity index (χ0v) is 12.2. The first-order chi connectivity index (χ1) is 7.56. The van der Waals surface area contributed by atoms with Crippen molar-refractivity contribution in [3.63, 3.8) is 0 Å². The van der Waals surface area contributed by atoms with Gasteiger partial charge in [-0.3, -0.25) is 0 Å². The molecule has 1 heterocycles. The van der Waals surface area contributed by atoms with E-state index in [2.05, 4.69) is 33.0 Å². The van der Waals surface area contributed by atoms with Crippen molar-refractivity contribution in [1.29, 1.82) is 0 Å². The molecule has 89 valence electrons. The molecule has 0 bridgehead atoms. The Balaban J connectivity index is 2.04. The third-order valence-electron chi connectivity index (χ3n) is 4.41. The Bertz CT molecular complexity index is 284. The van der Waals surface area contributed by atoms with Gasteiger partial charge in [0.2, 0.25) is 0 Å². The topological polar surface area (TPSA) is 3.24 Å². The van der Waals surface area contributed by atoms with Crippen LogP contribution in [0.15, 0.2) is 0 Å². The summed E-state index contributed by atoms with van der Waals surface area (Å²) in [6.45, 7) is 4.63. The summed E-state index contributed by atoms with van der Waals surface area (Å²) in [6, 6.07) is 0.707. The van der Waals surface area contributed by atoms with E-state index < -0.39 is 0 Å². The standard InChI is InChI=1S/C12H21BNS2/c1-12(13-2)7-4-5-9-10(6-8-12)16-11(15)14(9)3/h9-10H,4-8H2,1-3H3. The van der Waals surface area contributed by atoms with E-state index in [0.717, 1.165) is 9.57 Å². The second kappa shape index (κ2) is 4.89. The lowest BCUT2D eigenvalue weighted by molar-refractivity contribution is 0.300. The molecule has 1 nitrogen and oxygen atoms in total. The third-order valence-corrected chi connectivity index (χ3v) is 6.33. The Hall–Kier alpha value is 0.305. The highest BCUT2D eigenvalue weighted by molar-refractivity contribution is 8.23. The molecule has 1 aliphatic heterocycles. The van der Waals surface area contributed by atoms with Gasteiger partial charge in [0, 0.05) is 18.3 Å². The van der Waals surface area contributed by atoms with Crippen LogP contribution in [0.4, 0.5) is 0 Å². The molecule has 1 saturated carbocycles. The van der Waals surface area contributed by atoms with E-state index in [1.165, 1.54) is 32.1 Å². The van der Waals surface area contributed by atoms with Gasteiger partial charge in [-0.2, -0.15) is 0 Å². The van der Waals surface area contributed by atoms with Gasteiger partial charge in [0.25, 0.3) is 0 Å². The van der Waals surface area contributed by atoms with E-state index in [9.17, 15) is 0 Å². The van der Waals surface area contributed by atoms with Crippen LogP contribution >= 0.6 is 24.0 Å². The molecule has 2 aliphatic rings. The fourth-order valence-corrected chi connectivity index (χ4v) is 4.69. The molecule has 0 aromatic heterocycles. The van der Waals surface area contributed by atoms with E-state index in [-0.39, 0.29) is 0 Å². The lowest BCUT2D eigenvalue weighted by Gasteiger charge is -2.35. The van der Waals surface area contributed by atoms with E-state index in [0.29, 0.717) is 11.4 Å². The summed E-state index contributed by atoms with van der Waals surface area (Å²) in [6.07, 6.45) is 6.65. The van der Waals surface area contributed by atoms with E-state index in [1.54, 1.807) is 0 Å². The van der Waals surface area contributed by atoms with Crippen LogP contribution in [0.5, 0.6) is 0 Å². The van der Waals surface area contributed by atoms with Crippen LogP contribution < -0.4 is 0 Å². The van der Waals surface area contributed by atoms with Crippen LogP contribution in [-0.2, 0) is 0 Å². The second-order valence-corrected chi connectivity index (χ2v) is 7.35. The van der Waals surface area contributed by atoms with Crippen LogP contribution in [0.3, 0.4) is 0 Å². The van der Waals surface area contributed by atoms with Crippen LogP contribution in [0.1, 0.15) is 39.0 Å². The minimum absolute atomic E-state index is 0.467. The van der Waals surface area contributed by atoms with E-state index >= 15 is 0 Å². The number of hydrogen-bond donors (Lipinski definition) is 0. The zero-order valence-electron chi connectivity index (χ0n) is 10.5. The van der Waals surface area contributed by atoms with Crippen LogP contribution in [0, 0.1) is 0 Å². The molecule has 2 fully saturated rings. The highest BCUT2D eigenvalue weighted by Crippen LogP contribution is 2.45. The Morgan fingerprint density at radius 1 is 1.44 bits per heavy atom. The summed E-state index contributed by atoms with van der Waals surface area (Å²) in [5.41, 5.74) is 0. The number of nitrogens with zero attached hydrogens (tertiary/aromatic N) is 1. The number of thiocarbonyl (C=S) groups is 1. The van der Waals surface area contributed by atoms with Gasteiger partial charge in [0.1, 0.15) is 11.6 Å². The third kappa shape index (κ3) is 2.43. The molecule has 1 aliphatic carbocycles. The minimum atomic E-state index is 0.467. The van der Waals surface area contributed by atoms with E-state index in [1.807, 2.05) is 11.8 Å². The minimum Gasteiger partial charge on any atom is -0.356 e. The van der Waals surface area contributed by atoms with Crippen molar-refractivity contribution < 1.29 is 0 Å². The van der Waals surface area contributed by atoms with Crippen molar-refractivity contribution in [2.45, 2.75) is 62.5 Å². The molecule has 4 heteroatoms. The Kier molecular flexibility index (Phi) is 3.90. The summed E-state index contributed by atoms with van der Waals surface area (Å²) >= 11 is 7.35. The van der Waals surface area contributed by atoms with Crippen LogP contribution in [-0.4, -0.2) is 34.8 Å². The molecule has 0 aromatic carbocycles. The van der Waals surface area contributed by atoms with Crippen molar-refractivity contribution >= 4 is 35.6 Å². The van der Waals surface area contributed by atoms with Gasteiger partial charge in [-0.1, -0.05) is 62.3 Å². The molecule has 1 saturated heterocycles. The molecule has 0 aromatic rings. The van der Waals surface area contributed by atoms with Crippen molar-refractivity contribution in [1.82, 2.24) is 4.90 Å². The second-order valence-electron chi connectivity index (χ2n) is 5.47. The van der Waals surface area contributed by atoms with Crippen molar-refractivity contribution in [3.05, 3.63) is 0 Å². The first kappa shape index (κ1) is 12.8. The molecule has 3 atom stereocenters. The molecule has 0 N–H and O–H groups in total. The molecule has 1 radical (unpaired) electrons. The quantitative estimate of drug-likeness (QED) is 0.520. The largest absolute Gasteiger partial charge is 0.356 e. The van der Waals surface area contributed by atoms with Gasteiger partial charge in [0.05, 0.1) is 0 Å². The first-order valence-electron chi connectivity index (χ1n) is 6.30. The molecular weight excluding hydrogens is 233 g/mol. The summed E-state index contributed by atoms with van der Waals surface area (Å²) in [4.78, 5) is 2.34.